The molecule has 1 fully saturated rings. The SMILES string of the molecule is CC(C)(C)OC(=O)N1C2C=C(CCc3ccc4c(c3)CCO4)CC1CCC2. The molecule has 0 aromatic heterocycles. The van der Waals surface area contributed by atoms with Crippen LogP contribution in [0.2, 0.25) is 0 Å². The van der Waals surface area contributed by atoms with Crippen molar-refractivity contribution in [2.24, 2.45) is 0 Å². The van der Waals surface area contributed by atoms with Crippen LogP contribution in [0.25, 0.3) is 0 Å². The molecule has 0 saturated carbocycles. The number of amides is 1. The second-order valence-corrected chi connectivity index (χ2v) is 9.11. The quantitative estimate of drug-likeness (QED) is 0.701. The lowest BCUT2D eigenvalue weighted by Crippen LogP contribution is -2.53. The van der Waals surface area contributed by atoms with Gasteiger partial charge >= 0.3 is 6.09 Å². The van der Waals surface area contributed by atoms with Crippen molar-refractivity contribution in [3.05, 3.63) is 41.0 Å². The van der Waals surface area contributed by atoms with Crippen molar-refractivity contribution < 1.29 is 14.3 Å². The number of ether oxygens (including phenoxy) is 2. The largest absolute Gasteiger partial charge is 0.493 e. The summed E-state index contributed by atoms with van der Waals surface area (Å²) in [6.07, 6.45) is 9.69. The maximum absolute atomic E-state index is 12.7. The minimum Gasteiger partial charge on any atom is -0.493 e. The molecule has 2 atom stereocenters. The van der Waals surface area contributed by atoms with Gasteiger partial charge in [-0.2, -0.15) is 0 Å². The molecular formula is C23H31NO3. The lowest BCUT2D eigenvalue weighted by Gasteiger charge is -2.45. The molecule has 3 aliphatic heterocycles. The Labute approximate surface area is 162 Å². The van der Waals surface area contributed by atoms with E-state index in [-0.39, 0.29) is 12.1 Å². The second kappa shape index (κ2) is 7.21. The number of fused-ring (bicyclic) bond motifs is 3. The highest BCUT2D eigenvalue weighted by atomic mass is 16.6. The van der Waals surface area contributed by atoms with Crippen LogP contribution in [-0.2, 0) is 17.6 Å². The molecule has 27 heavy (non-hydrogen) atoms. The van der Waals surface area contributed by atoms with Gasteiger partial charge in [-0.1, -0.05) is 23.8 Å². The van der Waals surface area contributed by atoms with Crippen molar-refractivity contribution in [1.29, 1.82) is 0 Å². The predicted octanol–water partition coefficient (Wildman–Crippen LogP) is 5.04. The van der Waals surface area contributed by atoms with Gasteiger partial charge in [-0.25, -0.2) is 4.79 Å². The molecule has 1 aromatic rings. The molecule has 0 N–H and O–H groups in total. The molecule has 0 aliphatic carbocycles. The minimum absolute atomic E-state index is 0.147. The zero-order chi connectivity index (χ0) is 19.0. The van der Waals surface area contributed by atoms with E-state index in [4.69, 9.17) is 9.47 Å². The minimum atomic E-state index is -0.438. The van der Waals surface area contributed by atoms with E-state index in [9.17, 15) is 4.79 Å². The van der Waals surface area contributed by atoms with Gasteiger partial charge in [0.1, 0.15) is 11.4 Å². The van der Waals surface area contributed by atoms with E-state index in [0.29, 0.717) is 6.04 Å². The summed E-state index contributed by atoms with van der Waals surface area (Å²) in [5.74, 6) is 1.05. The third kappa shape index (κ3) is 4.15. The molecule has 3 aliphatic rings. The summed E-state index contributed by atoms with van der Waals surface area (Å²) in [4.78, 5) is 14.7. The Balaban J connectivity index is 1.42. The topological polar surface area (TPSA) is 38.8 Å². The Kier molecular flexibility index (Phi) is 4.92. The molecule has 1 aromatic carbocycles. The van der Waals surface area contributed by atoms with E-state index in [0.717, 1.165) is 50.9 Å². The molecule has 4 nitrogen and oxygen atoms in total. The van der Waals surface area contributed by atoms with Crippen molar-refractivity contribution in [3.63, 3.8) is 0 Å². The highest BCUT2D eigenvalue weighted by Gasteiger charge is 2.38. The number of aryl methyl sites for hydroxylation is 1. The van der Waals surface area contributed by atoms with E-state index in [1.54, 1.807) is 0 Å². The normalized spacial score (nSPS) is 24.1. The van der Waals surface area contributed by atoms with Crippen LogP contribution in [-0.4, -0.2) is 35.3 Å². The molecular weight excluding hydrogens is 338 g/mol. The monoisotopic (exact) mass is 369 g/mol. The smallest absolute Gasteiger partial charge is 0.411 e. The fourth-order valence-corrected chi connectivity index (χ4v) is 4.60. The van der Waals surface area contributed by atoms with Gasteiger partial charge in [0.25, 0.3) is 0 Å². The van der Waals surface area contributed by atoms with Crippen LogP contribution in [0, 0.1) is 0 Å². The fourth-order valence-electron chi connectivity index (χ4n) is 4.60. The number of benzene rings is 1. The van der Waals surface area contributed by atoms with Crippen LogP contribution in [0.15, 0.2) is 29.8 Å². The van der Waals surface area contributed by atoms with Gasteiger partial charge < -0.3 is 9.47 Å². The van der Waals surface area contributed by atoms with Crippen molar-refractivity contribution >= 4 is 6.09 Å². The Morgan fingerprint density at radius 1 is 1.26 bits per heavy atom. The molecule has 4 rings (SSSR count). The maximum Gasteiger partial charge on any atom is 0.411 e. The summed E-state index contributed by atoms with van der Waals surface area (Å²) in [6.45, 7) is 6.63. The van der Waals surface area contributed by atoms with E-state index < -0.39 is 5.60 Å². The molecule has 1 amide bonds. The van der Waals surface area contributed by atoms with Gasteiger partial charge in [0.2, 0.25) is 0 Å². The summed E-state index contributed by atoms with van der Waals surface area (Å²) >= 11 is 0. The molecule has 0 spiro atoms. The number of hydrogen-bond acceptors (Lipinski definition) is 3. The van der Waals surface area contributed by atoms with Crippen LogP contribution in [0.5, 0.6) is 5.75 Å². The maximum atomic E-state index is 12.7. The molecule has 4 heteroatoms. The van der Waals surface area contributed by atoms with E-state index in [1.807, 2.05) is 25.7 Å². The zero-order valence-corrected chi connectivity index (χ0v) is 16.8. The lowest BCUT2D eigenvalue weighted by molar-refractivity contribution is -0.00157. The van der Waals surface area contributed by atoms with E-state index in [1.165, 1.54) is 23.1 Å². The first-order valence-electron chi connectivity index (χ1n) is 10.3. The van der Waals surface area contributed by atoms with E-state index >= 15 is 0 Å². The first-order valence-corrected chi connectivity index (χ1v) is 10.3. The molecule has 1 saturated heterocycles. The zero-order valence-electron chi connectivity index (χ0n) is 16.8. The van der Waals surface area contributed by atoms with Gasteiger partial charge in [0.05, 0.1) is 12.6 Å². The first-order chi connectivity index (χ1) is 12.9. The number of piperidine rings is 1. The van der Waals surface area contributed by atoms with Crippen LogP contribution >= 0.6 is 0 Å². The standard InChI is InChI=1S/C23H31NO3/c1-23(2,3)27-22(25)24-19-5-4-6-20(24)15-17(14-19)8-7-16-9-10-21-18(13-16)11-12-26-21/h9-10,13-14,19-20H,4-8,11-12,15H2,1-3H3. The molecule has 146 valence electrons. The highest BCUT2D eigenvalue weighted by Crippen LogP contribution is 2.36. The van der Waals surface area contributed by atoms with Crippen molar-refractivity contribution in [3.8, 4) is 5.75 Å². The van der Waals surface area contributed by atoms with Crippen LogP contribution in [0.1, 0.15) is 64.0 Å². The van der Waals surface area contributed by atoms with Gasteiger partial charge in [0, 0.05) is 12.5 Å². The average molecular weight is 370 g/mol. The summed E-state index contributed by atoms with van der Waals surface area (Å²) in [7, 11) is 0. The first kappa shape index (κ1) is 18.4. The van der Waals surface area contributed by atoms with Crippen molar-refractivity contribution in [2.45, 2.75) is 83.4 Å². The Morgan fingerprint density at radius 2 is 2.11 bits per heavy atom. The third-order valence-electron chi connectivity index (χ3n) is 5.81. The Morgan fingerprint density at radius 3 is 2.89 bits per heavy atom. The Hall–Kier alpha value is -1.97. The average Bonchev–Trinajstić information content (AvgIpc) is 3.05. The van der Waals surface area contributed by atoms with Crippen LogP contribution in [0.3, 0.4) is 0 Å². The molecule has 2 bridgehead atoms. The van der Waals surface area contributed by atoms with E-state index in [2.05, 4.69) is 24.3 Å². The molecule has 0 radical (unpaired) electrons. The number of hydrogen-bond donors (Lipinski definition) is 0. The van der Waals surface area contributed by atoms with Gasteiger partial charge in [-0.3, -0.25) is 4.90 Å². The molecule has 3 heterocycles. The molecule has 2 unspecified atom stereocenters. The highest BCUT2D eigenvalue weighted by molar-refractivity contribution is 5.70. The summed E-state index contributed by atoms with van der Waals surface area (Å²) in [5.41, 5.74) is 3.80. The second-order valence-electron chi connectivity index (χ2n) is 9.11. The van der Waals surface area contributed by atoms with Crippen molar-refractivity contribution in [2.75, 3.05) is 6.61 Å². The number of nitrogens with zero attached hydrogens (tertiary/aromatic N) is 1. The summed E-state index contributed by atoms with van der Waals surface area (Å²) in [6, 6.07) is 7.12. The van der Waals surface area contributed by atoms with Crippen LogP contribution in [0.4, 0.5) is 4.79 Å². The van der Waals surface area contributed by atoms with Gasteiger partial charge in [-0.05, 0) is 76.5 Å². The fraction of sp³-hybridized carbons (Fsp3) is 0.609. The van der Waals surface area contributed by atoms with Gasteiger partial charge in [0.15, 0.2) is 0 Å². The predicted molar refractivity (Wildman–Crippen MR) is 106 cm³/mol. The number of carbonyl (C=O) groups is 1. The summed E-state index contributed by atoms with van der Waals surface area (Å²) in [5, 5.41) is 0. The van der Waals surface area contributed by atoms with Crippen molar-refractivity contribution in [1.82, 2.24) is 4.90 Å². The lowest BCUT2D eigenvalue weighted by atomic mass is 9.83. The van der Waals surface area contributed by atoms with Gasteiger partial charge in [-0.15, -0.1) is 0 Å². The Bertz CT molecular complexity index is 746. The van der Waals surface area contributed by atoms with Crippen LogP contribution < -0.4 is 4.74 Å². The summed E-state index contributed by atoms with van der Waals surface area (Å²) < 4.78 is 11.3. The number of rotatable bonds is 3. The number of carbonyl (C=O) groups excluding carboxylic acids is 1. The third-order valence-corrected chi connectivity index (χ3v) is 5.81.